The minimum absolute atomic E-state index is 0.117. The smallest absolute Gasteiger partial charge is 0.261 e. The van der Waals surface area contributed by atoms with Crippen LogP contribution in [0.2, 0.25) is 0 Å². The summed E-state index contributed by atoms with van der Waals surface area (Å²) in [5, 5.41) is 7.83. The Morgan fingerprint density at radius 1 is 1.03 bits per heavy atom. The van der Waals surface area contributed by atoms with Gasteiger partial charge in [-0.25, -0.2) is 4.98 Å². The molecule has 9 heteroatoms. The third-order valence-corrected chi connectivity index (χ3v) is 6.38. The van der Waals surface area contributed by atoms with Gasteiger partial charge in [-0.2, -0.15) is 0 Å². The minimum atomic E-state index is -0.531. The Morgan fingerprint density at radius 3 is 2.31 bits per heavy atom. The van der Waals surface area contributed by atoms with Crippen molar-refractivity contribution in [2.45, 2.75) is 12.6 Å². The lowest BCUT2D eigenvalue weighted by Crippen LogP contribution is -2.31. The molecule has 0 aliphatic rings. The average Bonchev–Trinajstić information content (AvgIpc) is 3.58. The largest absolute Gasteiger partial charge is 0.497 e. The number of carbonyl (C=O) groups is 2. The first kappa shape index (κ1) is 24.0. The third kappa shape index (κ3) is 5.70. The van der Waals surface area contributed by atoms with E-state index in [9.17, 15) is 9.59 Å². The van der Waals surface area contributed by atoms with Crippen molar-refractivity contribution in [2.75, 3.05) is 14.2 Å². The van der Waals surface area contributed by atoms with E-state index in [4.69, 9.17) is 9.47 Å². The number of thiophene rings is 1. The van der Waals surface area contributed by atoms with Gasteiger partial charge in [0.15, 0.2) is 0 Å². The lowest BCUT2D eigenvalue weighted by atomic mass is 10.0. The summed E-state index contributed by atoms with van der Waals surface area (Å²) in [6.07, 6.45) is 3.51. The molecule has 0 saturated carbocycles. The molecule has 2 heterocycles. The van der Waals surface area contributed by atoms with Gasteiger partial charge >= 0.3 is 0 Å². The van der Waals surface area contributed by atoms with Gasteiger partial charge in [0.05, 0.1) is 19.1 Å². The van der Waals surface area contributed by atoms with Crippen LogP contribution in [0.15, 0.2) is 72.4 Å². The van der Waals surface area contributed by atoms with E-state index in [2.05, 4.69) is 15.6 Å². The number of aromatic nitrogens is 2. The molecule has 0 aliphatic heterocycles. The predicted octanol–water partition coefficient (Wildman–Crippen LogP) is 3.95. The molecule has 2 N–H and O–H groups in total. The normalized spacial score (nSPS) is 11.5. The summed E-state index contributed by atoms with van der Waals surface area (Å²) in [5.41, 5.74) is 2.16. The van der Waals surface area contributed by atoms with Gasteiger partial charge in [0.25, 0.3) is 11.8 Å². The molecule has 0 saturated heterocycles. The first-order valence-corrected chi connectivity index (χ1v) is 11.8. The fourth-order valence-corrected chi connectivity index (χ4v) is 4.25. The van der Waals surface area contributed by atoms with Crippen molar-refractivity contribution in [3.05, 3.63) is 99.8 Å². The molecule has 1 atom stereocenters. The van der Waals surface area contributed by atoms with Crippen LogP contribution < -0.4 is 20.1 Å². The Hall–Kier alpha value is -4.11. The molecule has 35 heavy (non-hydrogen) atoms. The molecule has 0 aliphatic carbocycles. The van der Waals surface area contributed by atoms with Crippen LogP contribution in [-0.4, -0.2) is 35.6 Å². The first-order valence-electron chi connectivity index (χ1n) is 10.9. The highest BCUT2D eigenvalue weighted by atomic mass is 32.1. The number of benzene rings is 2. The summed E-state index contributed by atoms with van der Waals surface area (Å²) in [5.74, 6) is 1.52. The topological polar surface area (TPSA) is 94.5 Å². The van der Waals surface area contributed by atoms with Crippen LogP contribution in [0.5, 0.6) is 11.5 Å². The van der Waals surface area contributed by atoms with Crippen LogP contribution in [-0.2, 0) is 13.6 Å². The monoisotopic (exact) mass is 490 g/mol. The SMILES string of the molecule is COc1cc(OC)cc(C(NC(=O)c2ccc(CNC(=O)c3cccs3)cc2)c2nccn2C)c1. The Labute approximate surface area is 207 Å². The zero-order valence-corrected chi connectivity index (χ0v) is 20.5. The van der Waals surface area contributed by atoms with E-state index >= 15 is 0 Å². The summed E-state index contributed by atoms with van der Waals surface area (Å²) >= 11 is 1.39. The molecule has 4 aromatic rings. The number of hydrogen-bond donors (Lipinski definition) is 2. The van der Waals surface area contributed by atoms with Gasteiger partial charge in [0, 0.05) is 37.6 Å². The van der Waals surface area contributed by atoms with Crippen LogP contribution in [0.1, 0.15) is 43.0 Å². The Bertz CT molecular complexity index is 1280. The highest BCUT2D eigenvalue weighted by molar-refractivity contribution is 7.12. The van der Waals surface area contributed by atoms with Crippen LogP contribution in [0.3, 0.4) is 0 Å². The highest BCUT2D eigenvalue weighted by Crippen LogP contribution is 2.29. The highest BCUT2D eigenvalue weighted by Gasteiger charge is 2.23. The van der Waals surface area contributed by atoms with Crippen molar-refractivity contribution in [3.8, 4) is 11.5 Å². The molecular weight excluding hydrogens is 464 g/mol. The van der Waals surface area contributed by atoms with Crippen molar-refractivity contribution >= 4 is 23.2 Å². The number of aryl methyl sites for hydroxylation is 1. The summed E-state index contributed by atoms with van der Waals surface area (Å²) < 4.78 is 12.7. The van der Waals surface area contributed by atoms with Crippen molar-refractivity contribution in [2.24, 2.45) is 7.05 Å². The number of hydrogen-bond acceptors (Lipinski definition) is 6. The summed E-state index contributed by atoms with van der Waals surface area (Å²) in [6.45, 7) is 0.373. The number of amides is 2. The van der Waals surface area contributed by atoms with E-state index in [0.717, 1.165) is 11.1 Å². The second-order valence-electron chi connectivity index (χ2n) is 7.81. The molecule has 8 nitrogen and oxygen atoms in total. The molecular formula is C26H26N4O4S. The van der Waals surface area contributed by atoms with E-state index in [1.165, 1.54) is 11.3 Å². The van der Waals surface area contributed by atoms with Crippen LogP contribution >= 0.6 is 11.3 Å². The van der Waals surface area contributed by atoms with Gasteiger partial charge in [-0.1, -0.05) is 18.2 Å². The minimum Gasteiger partial charge on any atom is -0.497 e. The number of carbonyl (C=O) groups excluding carboxylic acids is 2. The van der Waals surface area contributed by atoms with E-state index < -0.39 is 6.04 Å². The van der Waals surface area contributed by atoms with E-state index in [0.29, 0.717) is 34.3 Å². The number of methoxy groups -OCH3 is 2. The van der Waals surface area contributed by atoms with Crippen LogP contribution in [0, 0.1) is 0 Å². The van der Waals surface area contributed by atoms with Gasteiger partial charge in [-0.15, -0.1) is 11.3 Å². The van der Waals surface area contributed by atoms with Gasteiger partial charge in [-0.05, 0) is 46.8 Å². The van der Waals surface area contributed by atoms with E-state index in [-0.39, 0.29) is 11.8 Å². The van der Waals surface area contributed by atoms with Crippen molar-refractivity contribution in [3.63, 3.8) is 0 Å². The number of nitrogens with zero attached hydrogens (tertiary/aromatic N) is 2. The summed E-state index contributed by atoms with van der Waals surface area (Å²) in [7, 11) is 5.03. The maximum atomic E-state index is 13.2. The standard InChI is InChI=1S/C26H26N4O4S/c1-30-11-10-27-24(30)23(19-13-20(33-2)15-21(14-19)34-3)29-25(31)18-8-6-17(7-9-18)16-28-26(32)22-5-4-12-35-22/h4-15,23H,16H2,1-3H3,(H,28,32)(H,29,31). The van der Waals surface area contributed by atoms with Crippen molar-refractivity contribution in [1.82, 2.24) is 20.2 Å². The van der Waals surface area contributed by atoms with Gasteiger partial charge in [0.2, 0.25) is 0 Å². The molecule has 0 radical (unpaired) electrons. The molecule has 180 valence electrons. The molecule has 4 rings (SSSR count). The fourth-order valence-electron chi connectivity index (χ4n) is 3.61. The fraction of sp³-hybridized carbons (Fsp3) is 0.192. The number of imidazole rings is 1. The van der Waals surface area contributed by atoms with Crippen LogP contribution in [0.4, 0.5) is 0 Å². The molecule has 2 aromatic carbocycles. The quantitative estimate of drug-likeness (QED) is 0.371. The number of rotatable bonds is 9. The van der Waals surface area contributed by atoms with Gasteiger partial charge < -0.3 is 24.7 Å². The number of ether oxygens (including phenoxy) is 2. The molecule has 0 fully saturated rings. The lowest BCUT2D eigenvalue weighted by molar-refractivity contribution is 0.0936. The van der Waals surface area contributed by atoms with Crippen molar-refractivity contribution < 1.29 is 19.1 Å². The first-order chi connectivity index (χ1) is 17.0. The van der Waals surface area contributed by atoms with E-state index in [1.54, 1.807) is 44.7 Å². The van der Waals surface area contributed by atoms with Gasteiger partial charge in [-0.3, -0.25) is 9.59 Å². The lowest BCUT2D eigenvalue weighted by Gasteiger charge is -2.20. The Balaban J connectivity index is 1.51. The Kier molecular flexibility index (Phi) is 7.47. The van der Waals surface area contributed by atoms with Gasteiger partial charge in [0.1, 0.15) is 23.4 Å². The molecule has 2 aromatic heterocycles. The van der Waals surface area contributed by atoms with Crippen molar-refractivity contribution in [1.29, 1.82) is 0 Å². The summed E-state index contributed by atoms with van der Waals surface area (Å²) in [6, 6.07) is 15.7. The van der Waals surface area contributed by atoms with Crippen LogP contribution in [0.25, 0.3) is 0 Å². The second kappa shape index (κ2) is 10.9. The Morgan fingerprint density at radius 2 is 1.74 bits per heavy atom. The zero-order chi connectivity index (χ0) is 24.8. The predicted molar refractivity (Wildman–Crippen MR) is 134 cm³/mol. The zero-order valence-electron chi connectivity index (χ0n) is 19.6. The second-order valence-corrected chi connectivity index (χ2v) is 8.75. The maximum Gasteiger partial charge on any atom is 0.261 e. The number of nitrogens with one attached hydrogen (secondary N) is 2. The maximum absolute atomic E-state index is 13.2. The summed E-state index contributed by atoms with van der Waals surface area (Å²) in [4.78, 5) is 30.5. The molecule has 0 bridgehead atoms. The molecule has 0 spiro atoms. The molecule has 1 unspecified atom stereocenters. The average molecular weight is 491 g/mol. The third-order valence-electron chi connectivity index (χ3n) is 5.51. The molecule has 2 amide bonds. The van der Waals surface area contributed by atoms with E-state index in [1.807, 2.05) is 53.5 Å².